The lowest BCUT2D eigenvalue weighted by Gasteiger charge is -2.03. The second-order valence-electron chi connectivity index (χ2n) is 3.19. The van der Waals surface area contributed by atoms with Crippen LogP contribution in [0.25, 0.3) is 11.3 Å². The monoisotopic (exact) mass is 255 g/mol. The van der Waals surface area contributed by atoms with Gasteiger partial charge in [-0.25, -0.2) is 4.79 Å². The van der Waals surface area contributed by atoms with Gasteiger partial charge in [0, 0.05) is 11.3 Å². The van der Waals surface area contributed by atoms with Gasteiger partial charge in [-0.05, 0) is 24.3 Å². The van der Waals surface area contributed by atoms with Crippen LogP contribution in [0.4, 0.5) is 0 Å². The molecule has 0 saturated carbocycles. The molecule has 2 aromatic rings. The molecule has 0 spiro atoms. The van der Waals surface area contributed by atoms with E-state index in [0.29, 0.717) is 21.3 Å². The highest BCUT2D eigenvalue weighted by Crippen LogP contribution is 2.33. The molecule has 0 aliphatic rings. The number of rotatable bonds is 2. The molecule has 2 N–H and O–H groups in total. The maximum atomic E-state index is 10.7. The van der Waals surface area contributed by atoms with Gasteiger partial charge in [0.1, 0.15) is 5.69 Å². The van der Waals surface area contributed by atoms with Crippen LogP contribution in [-0.4, -0.2) is 16.1 Å². The van der Waals surface area contributed by atoms with Crippen LogP contribution in [0.15, 0.2) is 30.3 Å². The SMILES string of the molecule is O=C(O)c1ccc(-c2c(Cl)cccc2Cl)[nH]1. The lowest BCUT2D eigenvalue weighted by molar-refractivity contribution is 0.0691. The first-order chi connectivity index (χ1) is 7.59. The van der Waals surface area contributed by atoms with Crippen molar-refractivity contribution in [2.24, 2.45) is 0 Å². The second-order valence-corrected chi connectivity index (χ2v) is 4.00. The Labute approximate surface area is 102 Å². The van der Waals surface area contributed by atoms with E-state index in [0.717, 1.165) is 0 Å². The fraction of sp³-hybridized carbons (Fsp3) is 0. The summed E-state index contributed by atoms with van der Waals surface area (Å²) in [4.78, 5) is 13.5. The molecule has 0 amide bonds. The molecule has 3 nitrogen and oxygen atoms in total. The summed E-state index contributed by atoms with van der Waals surface area (Å²) in [6, 6.07) is 8.23. The Balaban J connectivity index is 2.54. The molecule has 1 aromatic carbocycles. The standard InChI is InChI=1S/C11H7Cl2NO2/c12-6-2-1-3-7(13)10(6)8-4-5-9(14-8)11(15)16/h1-5,14H,(H,15,16). The number of carboxylic acids is 1. The van der Waals surface area contributed by atoms with Crippen molar-refractivity contribution in [1.82, 2.24) is 4.98 Å². The van der Waals surface area contributed by atoms with Gasteiger partial charge in [0.25, 0.3) is 0 Å². The van der Waals surface area contributed by atoms with Crippen LogP contribution >= 0.6 is 23.2 Å². The Morgan fingerprint density at radius 2 is 1.75 bits per heavy atom. The van der Waals surface area contributed by atoms with Crippen molar-refractivity contribution in [2.75, 3.05) is 0 Å². The number of aromatic amines is 1. The average molecular weight is 256 g/mol. The van der Waals surface area contributed by atoms with Crippen LogP contribution < -0.4 is 0 Å². The van der Waals surface area contributed by atoms with Crippen molar-refractivity contribution in [3.05, 3.63) is 46.1 Å². The molecule has 0 atom stereocenters. The van der Waals surface area contributed by atoms with Crippen molar-refractivity contribution < 1.29 is 9.90 Å². The number of carbonyl (C=O) groups is 1. The third-order valence-corrected chi connectivity index (χ3v) is 2.78. The largest absolute Gasteiger partial charge is 0.477 e. The molecular formula is C11H7Cl2NO2. The van der Waals surface area contributed by atoms with E-state index < -0.39 is 5.97 Å². The van der Waals surface area contributed by atoms with Gasteiger partial charge in [0.2, 0.25) is 0 Å². The zero-order chi connectivity index (χ0) is 11.7. The smallest absolute Gasteiger partial charge is 0.352 e. The van der Waals surface area contributed by atoms with Crippen LogP contribution in [0, 0.1) is 0 Å². The van der Waals surface area contributed by atoms with Gasteiger partial charge in [-0.1, -0.05) is 29.3 Å². The highest BCUT2D eigenvalue weighted by Gasteiger charge is 2.12. The lowest BCUT2D eigenvalue weighted by Crippen LogP contribution is -1.95. The zero-order valence-corrected chi connectivity index (χ0v) is 9.51. The number of hydrogen-bond donors (Lipinski definition) is 2. The van der Waals surface area contributed by atoms with E-state index in [9.17, 15) is 4.79 Å². The molecule has 5 heteroatoms. The van der Waals surface area contributed by atoms with Crippen molar-refractivity contribution in [3.63, 3.8) is 0 Å². The summed E-state index contributed by atoms with van der Waals surface area (Å²) in [5.74, 6) is -1.02. The van der Waals surface area contributed by atoms with Crippen LogP contribution in [0.1, 0.15) is 10.5 Å². The van der Waals surface area contributed by atoms with Gasteiger partial charge in [-0.3, -0.25) is 0 Å². The van der Waals surface area contributed by atoms with Gasteiger partial charge < -0.3 is 10.1 Å². The highest BCUT2D eigenvalue weighted by atomic mass is 35.5. The van der Waals surface area contributed by atoms with E-state index >= 15 is 0 Å². The highest BCUT2D eigenvalue weighted by molar-refractivity contribution is 6.39. The molecule has 0 bridgehead atoms. The third kappa shape index (κ3) is 1.92. The topological polar surface area (TPSA) is 53.1 Å². The number of benzene rings is 1. The predicted molar refractivity (Wildman–Crippen MR) is 63.2 cm³/mol. The number of nitrogens with one attached hydrogen (secondary N) is 1. The Morgan fingerprint density at radius 1 is 1.12 bits per heavy atom. The fourth-order valence-corrected chi connectivity index (χ4v) is 2.02. The van der Waals surface area contributed by atoms with E-state index in [1.807, 2.05) is 0 Å². The van der Waals surface area contributed by atoms with E-state index in [1.54, 1.807) is 24.3 Å². The Kier molecular flexibility index (Phi) is 2.90. The summed E-state index contributed by atoms with van der Waals surface area (Å²) in [6.07, 6.45) is 0. The molecule has 16 heavy (non-hydrogen) atoms. The minimum absolute atomic E-state index is 0.103. The van der Waals surface area contributed by atoms with Gasteiger partial charge in [-0.2, -0.15) is 0 Å². The molecule has 1 heterocycles. The number of halogens is 2. The number of H-pyrrole nitrogens is 1. The van der Waals surface area contributed by atoms with E-state index in [-0.39, 0.29) is 5.69 Å². The summed E-state index contributed by atoms with van der Waals surface area (Å²) in [5.41, 5.74) is 1.30. The molecule has 0 unspecified atom stereocenters. The Bertz CT molecular complexity index is 528. The summed E-state index contributed by atoms with van der Waals surface area (Å²) >= 11 is 12.0. The predicted octanol–water partition coefficient (Wildman–Crippen LogP) is 3.69. The molecule has 0 aliphatic heterocycles. The molecule has 82 valence electrons. The van der Waals surface area contributed by atoms with Crippen LogP contribution in [0.5, 0.6) is 0 Å². The van der Waals surface area contributed by atoms with E-state index in [4.69, 9.17) is 28.3 Å². The fourth-order valence-electron chi connectivity index (χ4n) is 1.42. The first kappa shape index (κ1) is 11.0. The summed E-state index contributed by atoms with van der Waals surface area (Å²) in [6.45, 7) is 0. The summed E-state index contributed by atoms with van der Waals surface area (Å²) in [7, 11) is 0. The lowest BCUT2D eigenvalue weighted by atomic mass is 10.1. The number of aromatic nitrogens is 1. The van der Waals surface area contributed by atoms with Crippen LogP contribution in [0.3, 0.4) is 0 Å². The Hall–Kier alpha value is -1.45. The van der Waals surface area contributed by atoms with E-state index in [2.05, 4.69) is 4.98 Å². The van der Waals surface area contributed by atoms with Crippen molar-refractivity contribution >= 4 is 29.2 Å². The van der Waals surface area contributed by atoms with E-state index in [1.165, 1.54) is 6.07 Å². The molecule has 0 fully saturated rings. The molecule has 1 aromatic heterocycles. The summed E-state index contributed by atoms with van der Waals surface area (Å²) < 4.78 is 0. The van der Waals surface area contributed by atoms with Gasteiger partial charge in [-0.15, -0.1) is 0 Å². The first-order valence-electron chi connectivity index (χ1n) is 4.46. The first-order valence-corrected chi connectivity index (χ1v) is 5.22. The normalized spacial score (nSPS) is 10.4. The molecular weight excluding hydrogens is 249 g/mol. The molecule has 0 aliphatic carbocycles. The maximum Gasteiger partial charge on any atom is 0.352 e. The van der Waals surface area contributed by atoms with Gasteiger partial charge in [0.05, 0.1) is 10.0 Å². The van der Waals surface area contributed by atoms with Crippen molar-refractivity contribution in [2.45, 2.75) is 0 Å². The molecule has 0 radical (unpaired) electrons. The van der Waals surface area contributed by atoms with Crippen molar-refractivity contribution in [1.29, 1.82) is 0 Å². The average Bonchev–Trinajstić information content (AvgIpc) is 2.66. The minimum Gasteiger partial charge on any atom is -0.477 e. The van der Waals surface area contributed by atoms with Crippen molar-refractivity contribution in [3.8, 4) is 11.3 Å². The quantitative estimate of drug-likeness (QED) is 0.860. The maximum absolute atomic E-state index is 10.7. The number of carboxylic acid groups (broad SMARTS) is 1. The van der Waals surface area contributed by atoms with Gasteiger partial charge in [0.15, 0.2) is 0 Å². The van der Waals surface area contributed by atoms with Gasteiger partial charge >= 0.3 is 5.97 Å². The molecule has 0 saturated heterocycles. The minimum atomic E-state index is -1.02. The molecule has 2 rings (SSSR count). The second kappa shape index (κ2) is 4.20. The number of hydrogen-bond acceptors (Lipinski definition) is 1. The number of aromatic carboxylic acids is 1. The van der Waals surface area contributed by atoms with Crippen LogP contribution in [-0.2, 0) is 0 Å². The summed E-state index contributed by atoms with van der Waals surface area (Å²) in [5, 5.41) is 9.74. The third-order valence-electron chi connectivity index (χ3n) is 2.15. The zero-order valence-electron chi connectivity index (χ0n) is 8.00. The Morgan fingerprint density at radius 3 is 2.25 bits per heavy atom. The van der Waals surface area contributed by atoms with Crippen LogP contribution in [0.2, 0.25) is 10.0 Å².